The van der Waals surface area contributed by atoms with E-state index in [2.05, 4.69) is 10.3 Å². The lowest BCUT2D eigenvalue weighted by Crippen LogP contribution is -2.15. The Hall–Kier alpha value is -2.65. The molecular weight excluding hydrogens is 393 g/mol. The van der Waals surface area contributed by atoms with Crippen LogP contribution in [0.25, 0.3) is 10.2 Å². The van der Waals surface area contributed by atoms with Crippen molar-refractivity contribution in [2.24, 2.45) is 0 Å². The third-order valence-corrected chi connectivity index (χ3v) is 4.75. The Morgan fingerprint density at radius 1 is 1.19 bits per heavy atom. The number of thiazole rings is 1. The van der Waals surface area contributed by atoms with Gasteiger partial charge in [0.1, 0.15) is 0 Å². The Morgan fingerprint density at radius 3 is 2.58 bits per heavy atom. The number of hydrogen-bond donors (Lipinski definition) is 2. The van der Waals surface area contributed by atoms with Crippen molar-refractivity contribution in [1.29, 1.82) is 0 Å². The van der Waals surface area contributed by atoms with Crippen molar-refractivity contribution in [3.63, 3.8) is 0 Å². The molecule has 0 saturated carbocycles. The molecule has 0 bridgehead atoms. The number of halogens is 4. The molecule has 0 aliphatic heterocycles. The topological polar surface area (TPSA) is 79.3 Å². The van der Waals surface area contributed by atoms with Crippen molar-refractivity contribution in [3.8, 4) is 0 Å². The molecule has 10 heteroatoms. The highest BCUT2D eigenvalue weighted by Gasteiger charge is 2.34. The van der Waals surface area contributed by atoms with Crippen LogP contribution in [-0.2, 0) is 6.18 Å². The minimum atomic E-state index is -4.68. The molecule has 3 aromatic rings. The standard InChI is InChI=1S/C16H8ClF3N2O3S/c17-12-8(2-1-3-9(12)16(18,19)20)13(23)22-15-21-10-5-4-7(14(24)25)6-11(10)26-15/h1-6H,(H,24,25)(H,21,22,23). The van der Waals surface area contributed by atoms with E-state index >= 15 is 0 Å². The number of rotatable bonds is 3. The Morgan fingerprint density at radius 2 is 1.92 bits per heavy atom. The van der Waals surface area contributed by atoms with Gasteiger partial charge in [-0.05, 0) is 30.3 Å². The molecule has 1 amide bonds. The monoisotopic (exact) mass is 400 g/mol. The summed E-state index contributed by atoms with van der Waals surface area (Å²) in [6, 6.07) is 7.26. The van der Waals surface area contributed by atoms with Crippen LogP contribution in [0.1, 0.15) is 26.3 Å². The number of carboxylic acid groups (broad SMARTS) is 1. The van der Waals surface area contributed by atoms with E-state index in [0.717, 1.165) is 23.5 Å². The minimum absolute atomic E-state index is 0.0555. The first-order valence-electron chi connectivity index (χ1n) is 6.98. The number of fused-ring (bicyclic) bond motifs is 1. The number of aromatic carboxylic acids is 1. The summed E-state index contributed by atoms with van der Waals surface area (Å²) >= 11 is 6.72. The van der Waals surface area contributed by atoms with Crippen LogP contribution >= 0.6 is 22.9 Å². The predicted octanol–water partition coefficient (Wildman–Crippen LogP) is 4.92. The molecule has 2 N–H and O–H groups in total. The average Bonchev–Trinajstić information content (AvgIpc) is 2.94. The number of anilines is 1. The maximum absolute atomic E-state index is 12.9. The first-order valence-corrected chi connectivity index (χ1v) is 8.17. The number of benzene rings is 2. The maximum Gasteiger partial charge on any atom is 0.417 e. The first kappa shape index (κ1) is 18.2. The second-order valence-corrected chi connectivity index (χ2v) is 6.53. The summed E-state index contributed by atoms with van der Waals surface area (Å²) in [7, 11) is 0. The molecule has 0 aliphatic rings. The Bertz CT molecular complexity index is 1030. The molecule has 1 aromatic heterocycles. The predicted molar refractivity (Wildman–Crippen MR) is 91.0 cm³/mol. The fraction of sp³-hybridized carbons (Fsp3) is 0.0625. The van der Waals surface area contributed by atoms with E-state index in [9.17, 15) is 22.8 Å². The quantitative estimate of drug-likeness (QED) is 0.654. The van der Waals surface area contributed by atoms with Crippen molar-refractivity contribution >= 4 is 50.2 Å². The fourth-order valence-corrected chi connectivity index (χ4v) is 3.42. The van der Waals surface area contributed by atoms with E-state index in [1.165, 1.54) is 24.3 Å². The highest BCUT2D eigenvalue weighted by atomic mass is 35.5. The lowest BCUT2D eigenvalue weighted by atomic mass is 10.1. The van der Waals surface area contributed by atoms with Crippen LogP contribution in [0.15, 0.2) is 36.4 Å². The summed E-state index contributed by atoms with van der Waals surface area (Å²) in [6.45, 7) is 0. The Kier molecular flexibility index (Phi) is 4.59. The van der Waals surface area contributed by atoms with Gasteiger partial charge < -0.3 is 5.11 Å². The van der Waals surface area contributed by atoms with Crippen molar-refractivity contribution in [2.75, 3.05) is 5.32 Å². The van der Waals surface area contributed by atoms with Crippen LogP contribution in [0, 0.1) is 0 Å². The van der Waals surface area contributed by atoms with Crippen molar-refractivity contribution < 1.29 is 27.9 Å². The normalized spacial score (nSPS) is 11.5. The number of carboxylic acids is 1. The second-order valence-electron chi connectivity index (χ2n) is 5.13. The number of nitrogens with one attached hydrogen (secondary N) is 1. The third-order valence-electron chi connectivity index (χ3n) is 3.40. The van der Waals surface area contributed by atoms with Gasteiger partial charge in [-0.3, -0.25) is 10.1 Å². The smallest absolute Gasteiger partial charge is 0.417 e. The van der Waals surface area contributed by atoms with Gasteiger partial charge >= 0.3 is 12.1 Å². The summed E-state index contributed by atoms with van der Waals surface area (Å²) in [6.07, 6.45) is -4.68. The van der Waals surface area contributed by atoms with Gasteiger partial charge in [0.15, 0.2) is 5.13 Å². The highest BCUT2D eigenvalue weighted by molar-refractivity contribution is 7.22. The molecule has 0 fully saturated rings. The summed E-state index contributed by atoms with van der Waals surface area (Å²) < 4.78 is 39.2. The number of carbonyl (C=O) groups excluding carboxylic acids is 1. The van der Waals surface area contributed by atoms with Gasteiger partial charge in [0, 0.05) is 0 Å². The van der Waals surface area contributed by atoms with Crippen molar-refractivity contribution in [1.82, 2.24) is 4.98 Å². The zero-order chi connectivity index (χ0) is 19.1. The molecule has 0 aliphatic carbocycles. The largest absolute Gasteiger partial charge is 0.478 e. The number of amides is 1. The van der Waals surface area contributed by atoms with Gasteiger partial charge in [-0.15, -0.1) is 0 Å². The van der Waals surface area contributed by atoms with Crippen LogP contribution in [0.2, 0.25) is 5.02 Å². The Balaban J connectivity index is 1.91. The van der Waals surface area contributed by atoms with Crippen LogP contribution in [0.5, 0.6) is 0 Å². The average molecular weight is 401 g/mol. The minimum Gasteiger partial charge on any atom is -0.478 e. The summed E-state index contributed by atoms with van der Waals surface area (Å²) in [5, 5.41) is 10.8. The number of aromatic nitrogens is 1. The number of hydrogen-bond acceptors (Lipinski definition) is 4. The molecule has 2 aromatic carbocycles. The van der Waals surface area contributed by atoms with Crippen molar-refractivity contribution in [3.05, 3.63) is 58.1 Å². The molecular formula is C16H8ClF3N2O3S. The van der Waals surface area contributed by atoms with E-state index in [0.29, 0.717) is 10.2 Å². The lowest BCUT2D eigenvalue weighted by molar-refractivity contribution is -0.137. The molecule has 0 saturated heterocycles. The molecule has 5 nitrogen and oxygen atoms in total. The fourth-order valence-electron chi connectivity index (χ4n) is 2.20. The molecule has 0 spiro atoms. The summed E-state index contributed by atoms with van der Waals surface area (Å²) in [5.74, 6) is -1.96. The zero-order valence-electron chi connectivity index (χ0n) is 12.6. The first-order chi connectivity index (χ1) is 12.2. The van der Waals surface area contributed by atoms with E-state index in [1.807, 2.05) is 0 Å². The maximum atomic E-state index is 12.9. The molecule has 3 rings (SSSR count). The van der Waals surface area contributed by atoms with E-state index in [-0.39, 0.29) is 16.3 Å². The van der Waals surface area contributed by atoms with Gasteiger partial charge in [-0.1, -0.05) is 29.0 Å². The zero-order valence-corrected chi connectivity index (χ0v) is 14.2. The molecule has 0 atom stereocenters. The van der Waals surface area contributed by atoms with Gasteiger partial charge in [-0.2, -0.15) is 13.2 Å². The van der Waals surface area contributed by atoms with Gasteiger partial charge in [0.05, 0.1) is 31.9 Å². The van der Waals surface area contributed by atoms with Crippen LogP contribution in [-0.4, -0.2) is 22.0 Å². The third kappa shape index (κ3) is 3.49. The van der Waals surface area contributed by atoms with Gasteiger partial charge in [-0.25, -0.2) is 9.78 Å². The van der Waals surface area contributed by atoms with E-state index < -0.39 is 28.6 Å². The molecule has 0 unspecified atom stereocenters. The van der Waals surface area contributed by atoms with Gasteiger partial charge in [0.25, 0.3) is 5.91 Å². The van der Waals surface area contributed by atoms with E-state index in [4.69, 9.17) is 16.7 Å². The van der Waals surface area contributed by atoms with Gasteiger partial charge in [0.2, 0.25) is 0 Å². The van der Waals surface area contributed by atoms with Crippen LogP contribution < -0.4 is 5.32 Å². The Labute approximate surface area is 153 Å². The summed E-state index contributed by atoms with van der Waals surface area (Å²) in [4.78, 5) is 27.4. The van der Waals surface area contributed by atoms with Crippen LogP contribution in [0.3, 0.4) is 0 Å². The van der Waals surface area contributed by atoms with E-state index in [1.54, 1.807) is 0 Å². The number of carbonyl (C=O) groups is 2. The lowest BCUT2D eigenvalue weighted by Gasteiger charge is -2.11. The molecule has 134 valence electrons. The number of nitrogens with zero attached hydrogens (tertiary/aromatic N) is 1. The number of alkyl halides is 3. The van der Waals surface area contributed by atoms with Crippen LogP contribution in [0.4, 0.5) is 18.3 Å². The second kappa shape index (κ2) is 6.58. The molecule has 0 radical (unpaired) electrons. The highest BCUT2D eigenvalue weighted by Crippen LogP contribution is 2.36. The molecule has 1 heterocycles. The van der Waals surface area contributed by atoms with Crippen molar-refractivity contribution in [2.45, 2.75) is 6.18 Å². The SMILES string of the molecule is O=C(O)c1ccc2nc(NC(=O)c3cccc(C(F)(F)F)c3Cl)sc2c1. The molecule has 26 heavy (non-hydrogen) atoms. The summed E-state index contributed by atoms with van der Waals surface area (Å²) in [5.41, 5.74) is -0.945.